The lowest BCUT2D eigenvalue weighted by atomic mass is 9.88. The fraction of sp³-hybridized carbons (Fsp3) is 0.350. The van der Waals surface area contributed by atoms with E-state index in [-0.39, 0.29) is 17.9 Å². The molecule has 0 aromatic heterocycles. The van der Waals surface area contributed by atoms with Gasteiger partial charge in [0, 0.05) is 38.0 Å². The fourth-order valence-electron chi connectivity index (χ4n) is 3.30. The van der Waals surface area contributed by atoms with Crippen LogP contribution in [0.1, 0.15) is 30.4 Å². The average molecular weight is 308 g/mol. The third-order valence-corrected chi connectivity index (χ3v) is 4.60. The van der Waals surface area contributed by atoms with Gasteiger partial charge in [-0.1, -0.05) is 60.7 Å². The zero-order chi connectivity index (χ0) is 16.1. The van der Waals surface area contributed by atoms with Crippen LogP contribution in [-0.2, 0) is 4.79 Å². The van der Waals surface area contributed by atoms with Crippen LogP contribution >= 0.6 is 0 Å². The first kappa shape index (κ1) is 15.8. The molecule has 0 spiro atoms. The third-order valence-electron chi connectivity index (χ3n) is 4.60. The van der Waals surface area contributed by atoms with Gasteiger partial charge in [-0.15, -0.1) is 0 Å². The van der Waals surface area contributed by atoms with Crippen molar-refractivity contribution >= 4 is 5.91 Å². The number of hydrogen-bond acceptors (Lipinski definition) is 2. The number of rotatable bonds is 4. The maximum absolute atomic E-state index is 12.9. The van der Waals surface area contributed by atoms with Crippen LogP contribution in [0.25, 0.3) is 0 Å². The second-order valence-corrected chi connectivity index (χ2v) is 6.22. The lowest BCUT2D eigenvalue weighted by Crippen LogP contribution is -2.52. The molecule has 1 N–H and O–H groups in total. The molecule has 1 heterocycles. The smallest absolute Gasteiger partial charge is 0.223 e. The first-order chi connectivity index (χ1) is 11.3. The predicted octanol–water partition coefficient (Wildman–Crippen LogP) is 3.03. The topological polar surface area (TPSA) is 32.3 Å². The normalized spacial score (nSPS) is 18.2. The highest BCUT2D eigenvalue weighted by atomic mass is 16.2. The molecule has 2 aromatic carbocycles. The molecule has 2 aromatic rings. The summed E-state index contributed by atoms with van der Waals surface area (Å²) < 4.78 is 0. The first-order valence-corrected chi connectivity index (χ1v) is 8.36. The molecule has 23 heavy (non-hydrogen) atoms. The minimum Gasteiger partial charge on any atom is -0.337 e. The van der Waals surface area contributed by atoms with Gasteiger partial charge >= 0.3 is 0 Å². The largest absolute Gasteiger partial charge is 0.337 e. The number of amides is 1. The van der Waals surface area contributed by atoms with Gasteiger partial charge in [0.05, 0.1) is 0 Å². The zero-order valence-electron chi connectivity index (χ0n) is 13.6. The van der Waals surface area contributed by atoms with Crippen LogP contribution in [0, 0.1) is 0 Å². The highest BCUT2D eigenvalue weighted by Gasteiger charge is 2.26. The summed E-state index contributed by atoms with van der Waals surface area (Å²) in [6, 6.07) is 21.0. The van der Waals surface area contributed by atoms with E-state index in [0.29, 0.717) is 6.42 Å². The summed E-state index contributed by atoms with van der Waals surface area (Å²) in [7, 11) is 0. The van der Waals surface area contributed by atoms with Crippen molar-refractivity contribution in [3.63, 3.8) is 0 Å². The maximum atomic E-state index is 12.9. The van der Waals surface area contributed by atoms with E-state index in [1.807, 2.05) is 41.3 Å². The van der Waals surface area contributed by atoms with Crippen molar-refractivity contribution in [2.45, 2.75) is 25.3 Å². The fourth-order valence-corrected chi connectivity index (χ4v) is 3.30. The summed E-state index contributed by atoms with van der Waals surface area (Å²) in [4.78, 5) is 14.9. The van der Waals surface area contributed by atoms with Crippen molar-refractivity contribution < 1.29 is 4.79 Å². The van der Waals surface area contributed by atoms with Gasteiger partial charge in [0.25, 0.3) is 0 Å². The molecule has 3 heteroatoms. The van der Waals surface area contributed by atoms with Crippen molar-refractivity contribution in [3.05, 3.63) is 71.8 Å². The van der Waals surface area contributed by atoms with Gasteiger partial charge < -0.3 is 10.2 Å². The third kappa shape index (κ3) is 3.80. The van der Waals surface area contributed by atoms with Gasteiger partial charge in [-0.25, -0.2) is 0 Å². The molecular weight excluding hydrogens is 284 g/mol. The second kappa shape index (κ2) is 7.42. The van der Waals surface area contributed by atoms with Crippen molar-refractivity contribution in [2.24, 2.45) is 0 Å². The highest BCUT2D eigenvalue weighted by Crippen LogP contribution is 2.29. The minimum absolute atomic E-state index is 0.118. The van der Waals surface area contributed by atoms with Crippen LogP contribution in [0.4, 0.5) is 0 Å². The van der Waals surface area contributed by atoms with E-state index >= 15 is 0 Å². The first-order valence-electron chi connectivity index (χ1n) is 8.36. The Morgan fingerprint density at radius 2 is 1.65 bits per heavy atom. The molecule has 1 amide bonds. The van der Waals surface area contributed by atoms with Crippen LogP contribution in [0.2, 0.25) is 0 Å². The molecule has 1 unspecified atom stereocenters. The van der Waals surface area contributed by atoms with E-state index in [1.54, 1.807) is 0 Å². The van der Waals surface area contributed by atoms with Gasteiger partial charge in [0.2, 0.25) is 5.91 Å². The number of carbonyl (C=O) groups is 1. The summed E-state index contributed by atoms with van der Waals surface area (Å²) in [5.74, 6) is 0.365. The van der Waals surface area contributed by atoms with Gasteiger partial charge in [0.15, 0.2) is 0 Å². The molecule has 1 atom stereocenters. The van der Waals surface area contributed by atoms with Crippen LogP contribution in [0.5, 0.6) is 0 Å². The predicted molar refractivity (Wildman–Crippen MR) is 93.4 cm³/mol. The van der Waals surface area contributed by atoms with E-state index in [9.17, 15) is 4.79 Å². The molecule has 0 bridgehead atoms. The summed E-state index contributed by atoms with van der Waals surface area (Å²) in [5, 5.41) is 3.34. The van der Waals surface area contributed by atoms with E-state index < -0.39 is 0 Å². The lowest BCUT2D eigenvalue weighted by molar-refractivity contribution is -0.134. The molecule has 1 fully saturated rings. The SMILES string of the molecule is CC1CNCCN1C(=O)CC(c1ccccc1)c1ccccc1. The number of carbonyl (C=O) groups excluding carboxylic acids is 1. The molecule has 3 rings (SSSR count). The molecule has 120 valence electrons. The Kier molecular flexibility index (Phi) is 5.09. The number of nitrogens with zero attached hydrogens (tertiary/aromatic N) is 1. The highest BCUT2D eigenvalue weighted by molar-refractivity contribution is 5.78. The standard InChI is InChI=1S/C20H24N2O/c1-16-15-21-12-13-22(16)20(23)14-19(17-8-4-2-5-9-17)18-10-6-3-7-11-18/h2-11,16,19,21H,12-15H2,1H3. The van der Waals surface area contributed by atoms with Crippen LogP contribution in [0.15, 0.2) is 60.7 Å². The Morgan fingerprint density at radius 1 is 1.09 bits per heavy atom. The molecule has 0 aliphatic carbocycles. The number of benzene rings is 2. The van der Waals surface area contributed by atoms with E-state index in [4.69, 9.17) is 0 Å². The van der Waals surface area contributed by atoms with Crippen molar-refractivity contribution in [2.75, 3.05) is 19.6 Å². The van der Waals surface area contributed by atoms with Crippen LogP contribution in [-0.4, -0.2) is 36.5 Å². The Hall–Kier alpha value is -2.13. The number of nitrogens with one attached hydrogen (secondary N) is 1. The van der Waals surface area contributed by atoms with Gasteiger partial charge in [0.1, 0.15) is 0 Å². The molecule has 0 radical (unpaired) electrons. The summed E-state index contributed by atoms with van der Waals surface area (Å²) in [6.45, 7) is 4.69. The average Bonchev–Trinajstić information content (AvgIpc) is 2.61. The second-order valence-electron chi connectivity index (χ2n) is 6.22. The van der Waals surface area contributed by atoms with Crippen LogP contribution in [0.3, 0.4) is 0 Å². The Balaban J connectivity index is 1.83. The molecule has 0 saturated carbocycles. The van der Waals surface area contributed by atoms with E-state index in [2.05, 4.69) is 36.5 Å². The molecule has 1 aliphatic heterocycles. The Labute approximate surface area is 138 Å². The van der Waals surface area contributed by atoms with Gasteiger partial charge in [-0.05, 0) is 18.1 Å². The van der Waals surface area contributed by atoms with Gasteiger partial charge in [-0.3, -0.25) is 4.79 Å². The Bertz CT molecular complexity index is 587. The van der Waals surface area contributed by atoms with Gasteiger partial charge in [-0.2, -0.15) is 0 Å². The summed E-state index contributed by atoms with van der Waals surface area (Å²) in [5.41, 5.74) is 2.41. The van der Waals surface area contributed by atoms with Crippen molar-refractivity contribution in [3.8, 4) is 0 Å². The minimum atomic E-state index is 0.118. The Morgan fingerprint density at radius 3 is 2.17 bits per heavy atom. The summed E-state index contributed by atoms with van der Waals surface area (Å²) >= 11 is 0. The molecular formula is C20H24N2O. The van der Waals surface area contributed by atoms with Crippen LogP contribution < -0.4 is 5.32 Å². The quantitative estimate of drug-likeness (QED) is 0.941. The lowest BCUT2D eigenvalue weighted by Gasteiger charge is -2.35. The van der Waals surface area contributed by atoms with E-state index in [1.165, 1.54) is 11.1 Å². The number of hydrogen-bond donors (Lipinski definition) is 1. The molecule has 1 saturated heterocycles. The van der Waals surface area contributed by atoms with E-state index in [0.717, 1.165) is 19.6 Å². The summed E-state index contributed by atoms with van der Waals surface area (Å²) in [6.07, 6.45) is 0.526. The monoisotopic (exact) mass is 308 g/mol. The zero-order valence-corrected chi connectivity index (χ0v) is 13.6. The maximum Gasteiger partial charge on any atom is 0.223 e. The molecule has 1 aliphatic rings. The van der Waals surface area contributed by atoms with Crippen molar-refractivity contribution in [1.29, 1.82) is 0 Å². The number of piperazine rings is 1. The van der Waals surface area contributed by atoms with Crippen molar-refractivity contribution in [1.82, 2.24) is 10.2 Å². The molecule has 3 nitrogen and oxygen atoms in total.